The quantitative estimate of drug-likeness (QED) is 0.443. The summed E-state index contributed by atoms with van der Waals surface area (Å²) in [5, 5.41) is 7.95. The fraction of sp³-hybridized carbons (Fsp3) is 0.435. The Labute approximate surface area is 206 Å². The van der Waals surface area contributed by atoms with Crippen LogP contribution in [0.3, 0.4) is 0 Å². The summed E-state index contributed by atoms with van der Waals surface area (Å²) in [6, 6.07) is 5.83. The molecule has 0 spiro atoms. The number of carbonyl (C=O) groups excluding carboxylic acids is 1. The summed E-state index contributed by atoms with van der Waals surface area (Å²) < 4.78 is 107. The van der Waals surface area contributed by atoms with Gasteiger partial charge in [-0.1, -0.05) is 6.07 Å². The molecular formula is C23H22F7N3O4. The van der Waals surface area contributed by atoms with Gasteiger partial charge >= 0.3 is 18.6 Å². The van der Waals surface area contributed by atoms with Crippen LogP contribution in [0.15, 0.2) is 42.5 Å². The number of amides is 2. The van der Waals surface area contributed by atoms with E-state index < -0.39 is 60.0 Å². The van der Waals surface area contributed by atoms with Crippen molar-refractivity contribution in [2.24, 2.45) is 0 Å². The van der Waals surface area contributed by atoms with Gasteiger partial charge in [0.15, 0.2) is 11.8 Å². The van der Waals surface area contributed by atoms with Gasteiger partial charge in [-0.25, -0.2) is 9.18 Å². The van der Waals surface area contributed by atoms with Crippen LogP contribution in [0.2, 0.25) is 0 Å². The van der Waals surface area contributed by atoms with Gasteiger partial charge in [0, 0.05) is 23.7 Å². The standard InChI is InChI=1S/C23H22F7N3O4/c24-13-6-7-18(16(11-13)21(8-10-35-21)22(25,26)27)36-19-17(5-2-9-31-19)33-20(34)32-14-3-1-4-15(12-14)37-23(28,29)30/h1,3-4,6-7,11-12,17,19,31H,2,5,8-10H2,(H2,32,33,34). The van der Waals surface area contributed by atoms with Gasteiger partial charge in [-0.15, -0.1) is 13.2 Å². The largest absolute Gasteiger partial charge is 0.573 e. The van der Waals surface area contributed by atoms with E-state index >= 15 is 0 Å². The molecule has 0 aliphatic carbocycles. The third kappa shape index (κ3) is 6.18. The molecule has 2 aliphatic heterocycles. The van der Waals surface area contributed by atoms with Crippen LogP contribution in [0.5, 0.6) is 11.5 Å². The summed E-state index contributed by atoms with van der Waals surface area (Å²) in [4.78, 5) is 12.5. The van der Waals surface area contributed by atoms with Gasteiger partial charge in [-0.05, 0) is 49.7 Å². The Bertz CT molecular complexity index is 1120. The first-order valence-electron chi connectivity index (χ1n) is 11.2. The highest BCUT2D eigenvalue weighted by Gasteiger charge is 2.62. The number of ether oxygens (including phenoxy) is 3. The monoisotopic (exact) mass is 537 g/mol. The van der Waals surface area contributed by atoms with Crippen molar-refractivity contribution in [3.05, 3.63) is 53.8 Å². The van der Waals surface area contributed by atoms with Crippen LogP contribution < -0.4 is 25.4 Å². The predicted molar refractivity (Wildman–Crippen MR) is 115 cm³/mol. The number of hydrogen-bond donors (Lipinski definition) is 3. The first-order valence-corrected chi connectivity index (χ1v) is 11.2. The van der Waals surface area contributed by atoms with Gasteiger partial charge < -0.3 is 24.8 Å². The van der Waals surface area contributed by atoms with E-state index in [1.807, 2.05) is 0 Å². The fourth-order valence-corrected chi connectivity index (χ4v) is 4.19. The van der Waals surface area contributed by atoms with Crippen molar-refractivity contribution in [3.8, 4) is 11.5 Å². The Morgan fingerprint density at radius 2 is 1.86 bits per heavy atom. The number of halogens is 7. The van der Waals surface area contributed by atoms with Crippen molar-refractivity contribution >= 4 is 11.7 Å². The molecule has 0 saturated carbocycles. The molecule has 2 saturated heterocycles. The highest BCUT2D eigenvalue weighted by molar-refractivity contribution is 5.89. The zero-order chi connectivity index (χ0) is 26.8. The van der Waals surface area contributed by atoms with Crippen molar-refractivity contribution in [1.29, 1.82) is 0 Å². The number of piperidine rings is 1. The summed E-state index contributed by atoms with van der Waals surface area (Å²) in [6.07, 6.45) is -10.2. The van der Waals surface area contributed by atoms with Crippen LogP contribution in [0.25, 0.3) is 0 Å². The molecule has 2 fully saturated rings. The van der Waals surface area contributed by atoms with E-state index in [-0.39, 0.29) is 18.0 Å². The lowest BCUT2D eigenvalue weighted by Gasteiger charge is -2.44. The normalized spacial score (nSPS) is 24.1. The van der Waals surface area contributed by atoms with Crippen molar-refractivity contribution < 1.29 is 49.7 Å². The molecule has 0 aromatic heterocycles. The third-order valence-electron chi connectivity index (χ3n) is 5.94. The van der Waals surface area contributed by atoms with Crippen molar-refractivity contribution in [3.63, 3.8) is 0 Å². The average Bonchev–Trinajstić information content (AvgIpc) is 2.74. The Morgan fingerprint density at radius 3 is 2.51 bits per heavy atom. The van der Waals surface area contributed by atoms with Gasteiger partial charge in [0.05, 0.1) is 12.6 Å². The first-order chi connectivity index (χ1) is 17.4. The number of rotatable bonds is 6. The van der Waals surface area contributed by atoms with Crippen molar-refractivity contribution in [2.75, 3.05) is 18.5 Å². The lowest BCUT2D eigenvalue weighted by atomic mass is 9.85. The maximum atomic E-state index is 13.9. The van der Waals surface area contributed by atoms with E-state index in [0.29, 0.717) is 19.4 Å². The van der Waals surface area contributed by atoms with E-state index in [9.17, 15) is 35.5 Å². The van der Waals surface area contributed by atoms with Crippen LogP contribution in [0.4, 0.5) is 41.2 Å². The van der Waals surface area contributed by atoms with Crippen LogP contribution in [0, 0.1) is 5.82 Å². The van der Waals surface area contributed by atoms with Gasteiger partial charge in [-0.2, -0.15) is 13.2 Å². The topological polar surface area (TPSA) is 80.9 Å². The molecule has 3 unspecified atom stereocenters. The van der Waals surface area contributed by atoms with Crippen molar-refractivity contribution in [1.82, 2.24) is 10.6 Å². The number of benzene rings is 2. The van der Waals surface area contributed by atoms with Crippen LogP contribution in [-0.4, -0.2) is 44.0 Å². The van der Waals surface area contributed by atoms with Gasteiger partial charge in [0.2, 0.25) is 0 Å². The maximum Gasteiger partial charge on any atom is 0.573 e. The van der Waals surface area contributed by atoms with E-state index in [0.717, 1.165) is 30.3 Å². The molecule has 14 heteroatoms. The highest BCUT2D eigenvalue weighted by Crippen LogP contribution is 2.53. The van der Waals surface area contributed by atoms with Gasteiger partial charge in [0.25, 0.3) is 0 Å². The minimum Gasteiger partial charge on any atom is -0.473 e. The zero-order valence-corrected chi connectivity index (χ0v) is 19.0. The zero-order valence-electron chi connectivity index (χ0n) is 19.0. The molecule has 37 heavy (non-hydrogen) atoms. The van der Waals surface area contributed by atoms with E-state index in [4.69, 9.17) is 9.47 Å². The molecule has 4 rings (SSSR count). The second-order valence-electron chi connectivity index (χ2n) is 8.48. The Hall–Kier alpha value is -3.26. The molecular weight excluding hydrogens is 515 g/mol. The summed E-state index contributed by atoms with van der Waals surface area (Å²) in [7, 11) is 0. The average molecular weight is 537 g/mol. The van der Waals surface area contributed by atoms with E-state index in [1.54, 1.807) is 0 Å². The molecule has 3 N–H and O–H groups in total. The molecule has 2 aromatic rings. The lowest BCUT2D eigenvalue weighted by Crippen LogP contribution is -2.57. The molecule has 0 bridgehead atoms. The second-order valence-corrected chi connectivity index (χ2v) is 8.48. The van der Waals surface area contributed by atoms with Crippen LogP contribution in [0.1, 0.15) is 24.8 Å². The molecule has 0 radical (unpaired) electrons. The summed E-state index contributed by atoms with van der Waals surface area (Å²) in [6.45, 7) is 0.273. The maximum absolute atomic E-state index is 13.9. The number of nitrogens with one attached hydrogen (secondary N) is 3. The number of urea groups is 1. The first kappa shape index (κ1) is 26.8. The summed E-state index contributed by atoms with van der Waals surface area (Å²) in [5.74, 6) is -1.70. The Morgan fingerprint density at radius 1 is 1.11 bits per heavy atom. The number of hydrogen-bond acceptors (Lipinski definition) is 5. The SMILES string of the molecule is O=C(Nc1cccc(OC(F)(F)F)c1)NC1CCCNC1Oc1ccc(F)cc1C1(C(F)(F)F)CCO1. The minimum atomic E-state index is -4.91. The summed E-state index contributed by atoms with van der Waals surface area (Å²) >= 11 is 0. The molecule has 3 atom stereocenters. The fourth-order valence-electron chi connectivity index (χ4n) is 4.19. The molecule has 2 aromatic carbocycles. The van der Waals surface area contributed by atoms with Gasteiger partial charge in [-0.3, -0.25) is 5.32 Å². The molecule has 202 valence electrons. The number of anilines is 1. The molecule has 2 heterocycles. The smallest absolute Gasteiger partial charge is 0.473 e. The Balaban J connectivity index is 1.48. The molecule has 2 aliphatic rings. The number of alkyl halides is 6. The second kappa shape index (κ2) is 10.2. The molecule has 7 nitrogen and oxygen atoms in total. The molecule has 2 amide bonds. The highest BCUT2D eigenvalue weighted by atomic mass is 19.4. The Kier molecular flexibility index (Phi) is 7.42. The summed E-state index contributed by atoms with van der Waals surface area (Å²) in [5.41, 5.74) is -3.21. The van der Waals surface area contributed by atoms with Crippen LogP contribution in [-0.2, 0) is 10.3 Å². The minimum absolute atomic E-state index is 0.00978. The predicted octanol–water partition coefficient (Wildman–Crippen LogP) is 5.18. The van der Waals surface area contributed by atoms with Gasteiger partial charge in [0.1, 0.15) is 17.3 Å². The van der Waals surface area contributed by atoms with Crippen LogP contribution >= 0.6 is 0 Å². The van der Waals surface area contributed by atoms with Crippen molar-refractivity contribution in [2.45, 2.75) is 49.7 Å². The van der Waals surface area contributed by atoms with E-state index in [2.05, 4.69) is 20.7 Å². The lowest BCUT2D eigenvalue weighted by molar-refractivity contribution is -0.334. The third-order valence-corrected chi connectivity index (χ3v) is 5.94. The van der Waals surface area contributed by atoms with E-state index in [1.165, 1.54) is 12.1 Å². The number of carbonyl (C=O) groups is 1.